The standard InChI is InChI=1S/C12H19N3O3S/c1-14-7-3-4-10(14)9-15(2)19(17,18)12-8-13-6-5-11(12)16/h5-6,8,10H,3-4,7,9H2,1-2H3,(H,13,16). The summed E-state index contributed by atoms with van der Waals surface area (Å²) in [6.07, 6.45) is 4.74. The van der Waals surface area contributed by atoms with Crippen molar-refractivity contribution in [3.8, 4) is 0 Å². The zero-order chi connectivity index (χ0) is 14.0. The number of pyridine rings is 1. The Labute approximate surface area is 113 Å². The Morgan fingerprint density at radius 3 is 2.84 bits per heavy atom. The molecular formula is C12H19N3O3S. The summed E-state index contributed by atoms with van der Waals surface area (Å²) >= 11 is 0. The van der Waals surface area contributed by atoms with E-state index in [2.05, 4.69) is 9.88 Å². The van der Waals surface area contributed by atoms with E-state index in [1.165, 1.54) is 29.8 Å². The van der Waals surface area contributed by atoms with Crippen LogP contribution >= 0.6 is 0 Å². The highest BCUT2D eigenvalue weighted by molar-refractivity contribution is 7.89. The molecule has 1 saturated heterocycles. The van der Waals surface area contributed by atoms with Crippen LogP contribution in [0.15, 0.2) is 28.2 Å². The zero-order valence-corrected chi connectivity index (χ0v) is 12.0. The second-order valence-electron chi connectivity index (χ2n) is 4.94. The van der Waals surface area contributed by atoms with E-state index in [9.17, 15) is 13.2 Å². The molecule has 2 rings (SSSR count). The molecule has 0 amide bonds. The van der Waals surface area contributed by atoms with Crippen molar-refractivity contribution in [2.45, 2.75) is 23.8 Å². The van der Waals surface area contributed by atoms with Crippen molar-refractivity contribution < 1.29 is 8.42 Å². The van der Waals surface area contributed by atoms with Gasteiger partial charge >= 0.3 is 0 Å². The van der Waals surface area contributed by atoms with Crippen molar-refractivity contribution in [2.75, 3.05) is 27.2 Å². The third-order valence-electron chi connectivity index (χ3n) is 3.62. The van der Waals surface area contributed by atoms with Crippen LogP contribution in [0.25, 0.3) is 0 Å². The van der Waals surface area contributed by atoms with Gasteiger partial charge in [-0.2, -0.15) is 4.31 Å². The highest BCUT2D eigenvalue weighted by Crippen LogP contribution is 2.18. The molecule has 1 atom stereocenters. The smallest absolute Gasteiger partial charge is 0.248 e. The number of nitrogens with zero attached hydrogens (tertiary/aromatic N) is 2. The molecule has 0 aliphatic carbocycles. The molecule has 7 heteroatoms. The summed E-state index contributed by atoms with van der Waals surface area (Å²) < 4.78 is 25.9. The largest absolute Gasteiger partial charge is 0.366 e. The van der Waals surface area contributed by atoms with Gasteiger partial charge in [-0.05, 0) is 26.4 Å². The molecule has 0 radical (unpaired) electrons. The number of rotatable bonds is 4. The fourth-order valence-corrected chi connectivity index (χ4v) is 3.62. The normalized spacial score (nSPS) is 21.1. The van der Waals surface area contributed by atoms with Crippen molar-refractivity contribution in [3.63, 3.8) is 0 Å². The Morgan fingerprint density at radius 2 is 2.26 bits per heavy atom. The average molecular weight is 285 g/mol. The number of hydrogen-bond acceptors (Lipinski definition) is 4. The summed E-state index contributed by atoms with van der Waals surface area (Å²) in [7, 11) is -0.202. The van der Waals surface area contributed by atoms with Gasteiger partial charge in [0.15, 0.2) is 0 Å². The van der Waals surface area contributed by atoms with Crippen molar-refractivity contribution in [1.82, 2.24) is 14.2 Å². The molecule has 1 aliphatic rings. The fourth-order valence-electron chi connectivity index (χ4n) is 2.38. The van der Waals surface area contributed by atoms with E-state index in [1.807, 2.05) is 7.05 Å². The lowest BCUT2D eigenvalue weighted by Crippen LogP contribution is -2.40. The summed E-state index contributed by atoms with van der Waals surface area (Å²) in [6.45, 7) is 1.40. The molecule has 1 aliphatic heterocycles. The van der Waals surface area contributed by atoms with E-state index >= 15 is 0 Å². The number of aromatic amines is 1. The Hall–Kier alpha value is -1.18. The minimum absolute atomic E-state index is 0.196. The molecule has 1 N–H and O–H groups in total. The molecule has 1 fully saturated rings. The molecule has 19 heavy (non-hydrogen) atoms. The third kappa shape index (κ3) is 2.88. The van der Waals surface area contributed by atoms with Crippen LogP contribution in [0.3, 0.4) is 0 Å². The first-order valence-corrected chi connectivity index (χ1v) is 7.70. The maximum absolute atomic E-state index is 12.3. The third-order valence-corrected chi connectivity index (χ3v) is 5.46. The van der Waals surface area contributed by atoms with Crippen LogP contribution in [0.5, 0.6) is 0 Å². The molecule has 0 saturated carbocycles. The van der Waals surface area contributed by atoms with Gasteiger partial charge in [-0.1, -0.05) is 0 Å². The topological polar surface area (TPSA) is 73.5 Å². The lowest BCUT2D eigenvalue weighted by molar-refractivity contribution is 0.271. The molecule has 1 aromatic heterocycles. The number of nitrogens with one attached hydrogen (secondary N) is 1. The highest BCUT2D eigenvalue weighted by atomic mass is 32.2. The molecule has 1 aromatic rings. The number of aromatic nitrogens is 1. The zero-order valence-electron chi connectivity index (χ0n) is 11.2. The van der Waals surface area contributed by atoms with Crippen LogP contribution in [-0.4, -0.2) is 55.8 Å². The van der Waals surface area contributed by atoms with Gasteiger partial charge in [0.2, 0.25) is 15.5 Å². The van der Waals surface area contributed by atoms with Gasteiger partial charge in [0.05, 0.1) is 0 Å². The van der Waals surface area contributed by atoms with Gasteiger partial charge < -0.3 is 9.88 Å². The van der Waals surface area contributed by atoms with Gasteiger partial charge in [0, 0.05) is 38.1 Å². The lowest BCUT2D eigenvalue weighted by Gasteiger charge is -2.25. The van der Waals surface area contributed by atoms with Crippen LogP contribution in [0.1, 0.15) is 12.8 Å². The van der Waals surface area contributed by atoms with E-state index in [-0.39, 0.29) is 10.9 Å². The summed E-state index contributed by atoms with van der Waals surface area (Å²) in [6, 6.07) is 1.45. The van der Waals surface area contributed by atoms with Gasteiger partial charge in [-0.15, -0.1) is 0 Å². The number of H-pyrrole nitrogens is 1. The monoisotopic (exact) mass is 285 g/mol. The summed E-state index contributed by atoms with van der Waals surface area (Å²) in [4.78, 5) is 16.2. The number of hydrogen-bond donors (Lipinski definition) is 1. The molecule has 0 aromatic carbocycles. The summed E-state index contributed by atoms with van der Waals surface area (Å²) in [5.41, 5.74) is -0.481. The second-order valence-corrected chi connectivity index (χ2v) is 6.95. The minimum atomic E-state index is -3.72. The van der Waals surface area contributed by atoms with Gasteiger partial charge in [0.25, 0.3) is 0 Å². The van der Waals surface area contributed by atoms with E-state index in [4.69, 9.17) is 0 Å². The maximum atomic E-state index is 12.3. The Morgan fingerprint density at radius 1 is 1.53 bits per heavy atom. The Balaban J connectivity index is 2.20. The van der Waals surface area contributed by atoms with Crippen molar-refractivity contribution in [3.05, 3.63) is 28.7 Å². The van der Waals surface area contributed by atoms with E-state index < -0.39 is 15.5 Å². The average Bonchev–Trinajstić information content (AvgIpc) is 2.75. The van der Waals surface area contributed by atoms with Crippen LogP contribution in [0, 0.1) is 0 Å². The Kier molecular flexibility index (Phi) is 4.07. The van der Waals surface area contributed by atoms with Crippen LogP contribution < -0.4 is 5.43 Å². The molecule has 1 unspecified atom stereocenters. The fraction of sp³-hybridized carbons (Fsp3) is 0.583. The van der Waals surface area contributed by atoms with Crippen molar-refractivity contribution in [2.24, 2.45) is 0 Å². The Bertz CT molecular complexity index is 596. The van der Waals surface area contributed by atoms with E-state index in [0.29, 0.717) is 6.54 Å². The number of likely N-dealkylation sites (N-methyl/N-ethyl adjacent to an activating group) is 2. The predicted molar refractivity (Wildman–Crippen MR) is 72.5 cm³/mol. The second kappa shape index (κ2) is 5.44. The first-order chi connectivity index (χ1) is 8.93. The first-order valence-electron chi connectivity index (χ1n) is 6.26. The number of sulfonamides is 1. The summed E-state index contributed by atoms with van der Waals surface area (Å²) in [5, 5.41) is 0. The molecule has 0 bridgehead atoms. The van der Waals surface area contributed by atoms with E-state index in [1.54, 1.807) is 0 Å². The first kappa shape index (κ1) is 14.2. The predicted octanol–water partition coefficient (Wildman–Crippen LogP) is 0.0896. The summed E-state index contributed by atoms with van der Waals surface area (Å²) in [5.74, 6) is 0. The van der Waals surface area contributed by atoms with Gasteiger partial charge in [0.1, 0.15) is 4.90 Å². The molecular weight excluding hydrogens is 266 g/mol. The van der Waals surface area contributed by atoms with Gasteiger partial charge in [-0.25, -0.2) is 8.42 Å². The molecule has 2 heterocycles. The number of likely N-dealkylation sites (tertiary alicyclic amines) is 1. The molecule has 6 nitrogen and oxygen atoms in total. The SMILES string of the molecule is CN1CCCC1CN(C)S(=O)(=O)c1c[nH]ccc1=O. The lowest BCUT2D eigenvalue weighted by atomic mass is 10.2. The quantitative estimate of drug-likeness (QED) is 0.851. The van der Waals surface area contributed by atoms with Crippen molar-refractivity contribution >= 4 is 10.0 Å². The maximum Gasteiger partial charge on any atom is 0.248 e. The van der Waals surface area contributed by atoms with Gasteiger partial charge in [-0.3, -0.25) is 4.79 Å². The van der Waals surface area contributed by atoms with Crippen LogP contribution in [0.4, 0.5) is 0 Å². The molecule has 106 valence electrons. The highest BCUT2D eigenvalue weighted by Gasteiger charge is 2.29. The molecule has 0 spiro atoms. The van der Waals surface area contributed by atoms with E-state index in [0.717, 1.165) is 19.4 Å². The minimum Gasteiger partial charge on any atom is -0.366 e. The van der Waals surface area contributed by atoms with Crippen LogP contribution in [0.2, 0.25) is 0 Å². The van der Waals surface area contributed by atoms with Crippen LogP contribution in [-0.2, 0) is 10.0 Å². The van der Waals surface area contributed by atoms with Crippen molar-refractivity contribution in [1.29, 1.82) is 0 Å².